The summed E-state index contributed by atoms with van der Waals surface area (Å²) in [6.45, 7) is 0.600. The van der Waals surface area contributed by atoms with Gasteiger partial charge in [0.25, 0.3) is 0 Å². The molecule has 5 nitrogen and oxygen atoms in total. The van der Waals surface area contributed by atoms with E-state index in [0.717, 1.165) is 25.3 Å². The predicted molar refractivity (Wildman–Crippen MR) is 100.0 cm³/mol. The maximum atomic E-state index is 14.6. The summed E-state index contributed by atoms with van der Waals surface area (Å²) in [5.41, 5.74) is 6.18. The SMILES string of the molecule is COC(=O)c1ccc(N2CC[C@@H](C3CCCCC3)[C@H]2C(N)=O)c(F)c1.Cl. The normalized spacial score (nSPS) is 23.4. The highest BCUT2D eigenvalue weighted by molar-refractivity contribution is 5.90. The minimum atomic E-state index is -0.585. The molecular formula is C19H26ClFN2O3. The van der Waals surface area contributed by atoms with Crippen LogP contribution in [-0.4, -0.2) is 31.6 Å². The molecule has 1 saturated carbocycles. The molecule has 2 aliphatic rings. The van der Waals surface area contributed by atoms with Crippen molar-refractivity contribution >= 4 is 30.0 Å². The summed E-state index contributed by atoms with van der Waals surface area (Å²) in [5.74, 6) is -0.854. The van der Waals surface area contributed by atoms with E-state index in [1.165, 1.54) is 32.4 Å². The Labute approximate surface area is 159 Å². The van der Waals surface area contributed by atoms with Gasteiger partial charge in [-0.3, -0.25) is 4.79 Å². The van der Waals surface area contributed by atoms with Crippen molar-refractivity contribution in [2.24, 2.45) is 17.6 Å². The van der Waals surface area contributed by atoms with Crippen LogP contribution < -0.4 is 10.6 Å². The lowest BCUT2D eigenvalue weighted by molar-refractivity contribution is -0.120. The number of methoxy groups -OCH3 is 1. The van der Waals surface area contributed by atoms with E-state index < -0.39 is 23.7 Å². The van der Waals surface area contributed by atoms with E-state index in [1.807, 2.05) is 0 Å². The van der Waals surface area contributed by atoms with Crippen LogP contribution in [0.3, 0.4) is 0 Å². The Bertz CT molecular complexity index is 664. The number of anilines is 1. The second-order valence-electron chi connectivity index (χ2n) is 7.05. The first-order chi connectivity index (χ1) is 12.0. The summed E-state index contributed by atoms with van der Waals surface area (Å²) >= 11 is 0. The zero-order valence-electron chi connectivity index (χ0n) is 14.9. The van der Waals surface area contributed by atoms with E-state index in [9.17, 15) is 14.0 Å². The van der Waals surface area contributed by atoms with E-state index in [-0.39, 0.29) is 23.9 Å². The van der Waals surface area contributed by atoms with Crippen LogP contribution in [0.15, 0.2) is 18.2 Å². The fourth-order valence-electron chi connectivity index (χ4n) is 4.49. The maximum absolute atomic E-state index is 14.6. The van der Waals surface area contributed by atoms with E-state index in [4.69, 9.17) is 5.73 Å². The number of halogens is 2. The van der Waals surface area contributed by atoms with Gasteiger partial charge in [0, 0.05) is 6.54 Å². The summed E-state index contributed by atoms with van der Waals surface area (Å²) in [6, 6.07) is 3.74. The van der Waals surface area contributed by atoms with Crippen LogP contribution in [-0.2, 0) is 9.53 Å². The number of nitrogens with zero attached hydrogens (tertiary/aromatic N) is 1. The lowest BCUT2D eigenvalue weighted by Crippen LogP contribution is -2.46. The number of carbonyl (C=O) groups is 2. The second kappa shape index (κ2) is 8.71. The molecule has 1 aliphatic heterocycles. The van der Waals surface area contributed by atoms with Gasteiger partial charge in [0.05, 0.1) is 18.4 Å². The molecule has 1 amide bonds. The third kappa shape index (κ3) is 3.95. The number of esters is 1. The third-order valence-electron chi connectivity index (χ3n) is 5.67. The Morgan fingerprint density at radius 2 is 1.88 bits per heavy atom. The molecule has 1 aromatic carbocycles. The first kappa shape index (κ1) is 20.5. The molecule has 2 atom stereocenters. The van der Waals surface area contributed by atoms with Crippen LogP contribution in [0.1, 0.15) is 48.9 Å². The van der Waals surface area contributed by atoms with Crippen molar-refractivity contribution in [3.8, 4) is 0 Å². The van der Waals surface area contributed by atoms with Gasteiger partial charge in [0.2, 0.25) is 5.91 Å². The number of ether oxygens (including phenoxy) is 1. The summed E-state index contributed by atoms with van der Waals surface area (Å²) in [5, 5.41) is 0. The Hall–Kier alpha value is -1.82. The Balaban J connectivity index is 0.00000243. The van der Waals surface area contributed by atoms with Gasteiger partial charge in [-0.15, -0.1) is 12.4 Å². The summed E-state index contributed by atoms with van der Waals surface area (Å²) < 4.78 is 19.2. The van der Waals surface area contributed by atoms with Gasteiger partial charge in [0.1, 0.15) is 11.9 Å². The van der Waals surface area contributed by atoms with Crippen molar-refractivity contribution < 1.29 is 18.7 Å². The molecule has 1 heterocycles. The number of hydrogen-bond acceptors (Lipinski definition) is 4. The second-order valence-corrected chi connectivity index (χ2v) is 7.05. The molecule has 0 spiro atoms. The largest absolute Gasteiger partial charge is 0.465 e. The molecule has 144 valence electrons. The quantitative estimate of drug-likeness (QED) is 0.808. The lowest BCUT2D eigenvalue weighted by atomic mass is 9.76. The predicted octanol–water partition coefficient (Wildman–Crippen LogP) is 3.29. The average molecular weight is 385 g/mol. The number of hydrogen-bond donors (Lipinski definition) is 1. The maximum Gasteiger partial charge on any atom is 0.337 e. The highest BCUT2D eigenvalue weighted by Crippen LogP contribution is 2.41. The van der Waals surface area contributed by atoms with Crippen LogP contribution in [0.4, 0.5) is 10.1 Å². The lowest BCUT2D eigenvalue weighted by Gasteiger charge is -2.33. The third-order valence-corrected chi connectivity index (χ3v) is 5.67. The van der Waals surface area contributed by atoms with E-state index in [2.05, 4.69) is 4.74 Å². The van der Waals surface area contributed by atoms with E-state index in [0.29, 0.717) is 18.2 Å². The van der Waals surface area contributed by atoms with Gasteiger partial charge in [-0.2, -0.15) is 0 Å². The molecular weight excluding hydrogens is 359 g/mol. The van der Waals surface area contributed by atoms with Gasteiger partial charge in [0.15, 0.2) is 0 Å². The summed E-state index contributed by atoms with van der Waals surface area (Å²) in [6.07, 6.45) is 6.70. The molecule has 1 saturated heterocycles. The molecule has 2 fully saturated rings. The van der Waals surface area contributed by atoms with Crippen molar-refractivity contribution in [1.29, 1.82) is 0 Å². The van der Waals surface area contributed by atoms with E-state index >= 15 is 0 Å². The van der Waals surface area contributed by atoms with Crippen LogP contribution in [0.5, 0.6) is 0 Å². The monoisotopic (exact) mass is 384 g/mol. The Kier molecular flexibility index (Phi) is 6.87. The number of amides is 1. The molecule has 3 rings (SSSR count). The molecule has 0 aromatic heterocycles. The number of rotatable bonds is 4. The van der Waals surface area contributed by atoms with Crippen molar-refractivity contribution in [1.82, 2.24) is 0 Å². The zero-order valence-corrected chi connectivity index (χ0v) is 15.8. The number of benzene rings is 1. The van der Waals surface area contributed by atoms with Gasteiger partial charge >= 0.3 is 5.97 Å². The standard InChI is InChI=1S/C19H25FN2O3.ClH/c1-25-19(24)13-7-8-16(15(20)11-13)22-10-9-14(17(22)18(21)23)12-5-3-2-4-6-12;/h7-8,11-12,14,17H,2-6,9-10H2,1H3,(H2,21,23);1H/t14-,17-;/m0./s1. The van der Waals surface area contributed by atoms with Gasteiger partial charge in [-0.05, 0) is 36.5 Å². The molecule has 7 heteroatoms. The number of primary amides is 1. The molecule has 1 aliphatic carbocycles. The summed E-state index contributed by atoms with van der Waals surface area (Å²) in [4.78, 5) is 25.5. The van der Waals surface area contributed by atoms with Crippen LogP contribution in [0, 0.1) is 17.7 Å². The number of nitrogens with two attached hydrogens (primary N) is 1. The van der Waals surface area contributed by atoms with Gasteiger partial charge < -0.3 is 15.4 Å². The van der Waals surface area contributed by atoms with Crippen LogP contribution in [0.2, 0.25) is 0 Å². The van der Waals surface area contributed by atoms with Crippen LogP contribution >= 0.6 is 12.4 Å². The van der Waals surface area contributed by atoms with Crippen molar-refractivity contribution in [3.05, 3.63) is 29.6 Å². The summed E-state index contributed by atoms with van der Waals surface area (Å²) in [7, 11) is 1.26. The molecule has 0 unspecified atom stereocenters. The van der Waals surface area contributed by atoms with Gasteiger partial charge in [-0.1, -0.05) is 32.1 Å². The van der Waals surface area contributed by atoms with Crippen molar-refractivity contribution in [2.45, 2.75) is 44.6 Å². The van der Waals surface area contributed by atoms with Crippen LogP contribution in [0.25, 0.3) is 0 Å². The molecule has 26 heavy (non-hydrogen) atoms. The average Bonchev–Trinajstić information content (AvgIpc) is 3.06. The fraction of sp³-hybridized carbons (Fsp3) is 0.579. The van der Waals surface area contributed by atoms with Gasteiger partial charge in [-0.25, -0.2) is 9.18 Å². The highest BCUT2D eigenvalue weighted by atomic mass is 35.5. The highest BCUT2D eigenvalue weighted by Gasteiger charge is 2.43. The molecule has 0 bridgehead atoms. The first-order valence-electron chi connectivity index (χ1n) is 8.96. The molecule has 0 radical (unpaired) electrons. The van der Waals surface area contributed by atoms with Crippen molar-refractivity contribution in [3.63, 3.8) is 0 Å². The first-order valence-corrected chi connectivity index (χ1v) is 8.96. The minimum Gasteiger partial charge on any atom is -0.465 e. The minimum absolute atomic E-state index is 0. The van der Waals surface area contributed by atoms with Crippen molar-refractivity contribution in [2.75, 3.05) is 18.6 Å². The number of carbonyl (C=O) groups excluding carboxylic acids is 2. The molecule has 1 aromatic rings. The Morgan fingerprint density at radius 1 is 1.19 bits per heavy atom. The smallest absolute Gasteiger partial charge is 0.337 e. The van der Waals surface area contributed by atoms with E-state index in [1.54, 1.807) is 11.0 Å². The topological polar surface area (TPSA) is 72.6 Å². The molecule has 2 N–H and O–H groups in total. The Morgan fingerprint density at radius 3 is 2.46 bits per heavy atom. The zero-order chi connectivity index (χ0) is 18.0. The fourth-order valence-corrected chi connectivity index (χ4v) is 4.49.